The molecule has 0 spiro atoms. The van der Waals surface area contributed by atoms with Crippen molar-refractivity contribution in [2.24, 2.45) is 11.1 Å². The van der Waals surface area contributed by atoms with E-state index >= 15 is 0 Å². The van der Waals surface area contributed by atoms with Gasteiger partial charge in [0.25, 0.3) is 5.91 Å². The van der Waals surface area contributed by atoms with Crippen LogP contribution in [0.3, 0.4) is 0 Å². The van der Waals surface area contributed by atoms with Gasteiger partial charge >= 0.3 is 0 Å². The first-order chi connectivity index (χ1) is 17.8. The van der Waals surface area contributed by atoms with Gasteiger partial charge in [0.2, 0.25) is 11.9 Å². The van der Waals surface area contributed by atoms with Gasteiger partial charge in [-0.15, -0.1) is 0 Å². The average Bonchev–Trinajstić information content (AvgIpc) is 2.87. The summed E-state index contributed by atoms with van der Waals surface area (Å²) in [7, 11) is 1.61. The Bertz CT molecular complexity index is 1370. The number of hydrogen-bond acceptors (Lipinski definition) is 7. The number of benzene rings is 2. The molecule has 0 saturated heterocycles. The first kappa shape index (κ1) is 25.0. The molecule has 2 heterocycles. The molecule has 1 aliphatic carbocycles. The minimum Gasteiger partial charge on any atom is -0.495 e. The highest BCUT2D eigenvalue weighted by atomic mass is 79.9. The van der Waals surface area contributed by atoms with Gasteiger partial charge in [0, 0.05) is 29.2 Å². The van der Waals surface area contributed by atoms with Crippen molar-refractivity contribution in [3.05, 3.63) is 63.8 Å². The van der Waals surface area contributed by atoms with E-state index in [9.17, 15) is 9.59 Å². The number of methoxy groups -OCH3 is 1. The van der Waals surface area contributed by atoms with Gasteiger partial charge < -0.3 is 26.0 Å². The van der Waals surface area contributed by atoms with Crippen molar-refractivity contribution in [1.82, 2.24) is 14.9 Å². The largest absolute Gasteiger partial charge is 0.495 e. The Morgan fingerprint density at radius 3 is 2.59 bits per heavy atom. The van der Waals surface area contributed by atoms with Crippen molar-refractivity contribution in [2.75, 3.05) is 24.3 Å². The Hall–Kier alpha value is -3.66. The van der Waals surface area contributed by atoms with Crippen LogP contribution in [0.4, 0.5) is 23.1 Å². The highest BCUT2D eigenvalue weighted by molar-refractivity contribution is 9.10. The molecule has 5 rings (SSSR count). The maximum atomic E-state index is 13.1. The Labute approximate surface area is 223 Å². The zero-order chi connectivity index (χ0) is 26.2. The van der Waals surface area contributed by atoms with E-state index in [-0.39, 0.29) is 28.7 Å². The van der Waals surface area contributed by atoms with E-state index in [1.54, 1.807) is 7.11 Å². The summed E-state index contributed by atoms with van der Waals surface area (Å²) in [5.41, 5.74) is 9.13. The van der Waals surface area contributed by atoms with Crippen LogP contribution in [0, 0.1) is 5.41 Å². The van der Waals surface area contributed by atoms with E-state index < -0.39 is 5.91 Å². The molecule has 0 bridgehead atoms. The molecule has 1 fully saturated rings. The molecule has 2 aliphatic rings. The van der Waals surface area contributed by atoms with Crippen LogP contribution in [0.15, 0.2) is 47.1 Å². The van der Waals surface area contributed by atoms with E-state index in [1.807, 2.05) is 41.3 Å². The number of amides is 2. The molecule has 0 unspecified atom stereocenters. The van der Waals surface area contributed by atoms with Crippen molar-refractivity contribution < 1.29 is 14.3 Å². The summed E-state index contributed by atoms with van der Waals surface area (Å²) in [4.78, 5) is 36.0. The van der Waals surface area contributed by atoms with Gasteiger partial charge in [-0.3, -0.25) is 9.59 Å². The number of nitrogens with zero attached hydrogens (tertiary/aromatic N) is 3. The number of halogens is 1. The lowest BCUT2D eigenvalue weighted by molar-refractivity contribution is -0.147. The molecule has 2 aromatic carbocycles. The van der Waals surface area contributed by atoms with Crippen molar-refractivity contribution in [3.63, 3.8) is 0 Å². The summed E-state index contributed by atoms with van der Waals surface area (Å²) in [5, 5.41) is 6.38. The zero-order valence-corrected chi connectivity index (χ0v) is 22.4. The maximum Gasteiger partial charge on any atom is 0.254 e. The topological polar surface area (TPSA) is 122 Å². The minimum absolute atomic E-state index is 0.164. The molecule has 192 valence electrons. The summed E-state index contributed by atoms with van der Waals surface area (Å²) in [6, 6.07) is 11.5. The monoisotopic (exact) mass is 564 g/mol. The number of nitrogens with one attached hydrogen (secondary N) is 2. The fourth-order valence-corrected chi connectivity index (χ4v) is 5.24. The SMILES string of the molecule is COc1cc2c(cc1Nc1ncc(C(N)=O)c(Nc3ccccc3Br)n1)CN(C(=O)C1(C)CCC1)CC2. The number of anilines is 4. The van der Waals surface area contributed by atoms with Crippen LogP contribution in [0.1, 0.15) is 47.7 Å². The van der Waals surface area contributed by atoms with Crippen LogP contribution in [0.2, 0.25) is 0 Å². The first-order valence-electron chi connectivity index (χ1n) is 12.2. The van der Waals surface area contributed by atoms with Crippen LogP contribution >= 0.6 is 15.9 Å². The molecule has 9 nitrogen and oxygen atoms in total. The minimum atomic E-state index is -0.641. The number of fused-ring (bicyclic) bond motifs is 1. The van der Waals surface area contributed by atoms with E-state index in [2.05, 4.69) is 43.5 Å². The first-order valence-corrected chi connectivity index (χ1v) is 13.0. The zero-order valence-electron chi connectivity index (χ0n) is 20.8. The normalized spacial score (nSPS) is 15.8. The number of aromatic nitrogens is 2. The fourth-order valence-electron chi connectivity index (χ4n) is 4.86. The Kier molecular flexibility index (Phi) is 6.76. The van der Waals surface area contributed by atoms with Gasteiger partial charge in [0.05, 0.1) is 18.5 Å². The number of carbonyl (C=O) groups excluding carboxylic acids is 2. The molecule has 2 amide bonds. The number of rotatable bonds is 7. The predicted molar refractivity (Wildman–Crippen MR) is 145 cm³/mol. The second-order valence-corrected chi connectivity index (χ2v) is 10.6. The highest BCUT2D eigenvalue weighted by Crippen LogP contribution is 2.43. The van der Waals surface area contributed by atoms with Gasteiger partial charge in [-0.25, -0.2) is 4.98 Å². The van der Waals surface area contributed by atoms with Crippen LogP contribution in [0.25, 0.3) is 0 Å². The second kappa shape index (κ2) is 10.0. The van der Waals surface area contributed by atoms with Crippen molar-refractivity contribution in [3.8, 4) is 5.75 Å². The quantitative estimate of drug-likeness (QED) is 0.372. The van der Waals surface area contributed by atoms with Gasteiger partial charge in [-0.2, -0.15) is 4.98 Å². The smallest absolute Gasteiger partial charge is 0.254 e. The molecule has 4 N–H and O–H groups in total. The number of hydrogen-bond donors (Lipinski definition) is 3. The average molecular weight is 565 g/mol. The lowest BCUT2D eigenvalue weighted by Gasteiger charge is -2.42. The molecule has 10 heteroatoms. The van der Waals surface area contributed by atoms with Gasteiger partial charge in [-0.1, -0.05) is 25.5 Å². The summed E-state index contributed by atoms with van der Waals surface area (Å²) in [6.07, 6.45) is 5.20. The standard InChI is InChI=1S/C27H29BrN6O3/c1-27(9-5-10-27)25(36)34-11-8-16-13-22(37-2)21(12-17(16)15-34)32-26-30-14-18(23(29)35)24(33-26)31-20-7-4-3-6-19(20)28/h3-4,6-7,12-14H,5,8-11,15H2,1-2H3,(H2,29,35)(H2,30,31,32,33). The maximum absolute atomic E-state index is 13.1. The molecule has 1 aliphatic heterocycles. The molecule has 1 aromatic heterocycles. The van der Waals surface area contributed by atoms with Gasteiger partial charge in [0.15, 0.2) is 0 Å². The molecule has 37 heavy (non-hydrogen) atoms. The van der Waals surface area contributed by atoms with Gasteiger partial charge in [0.1, 0.15) is 17.1 Å². The fraction of sp³-hybridized carbons (Fsp3) is 0.333. The van der Waals surface area contributed by atoms with E-state index in [1.165, 1.54) is 6.20 Å². The second-order valence-electron chi connectivity index (χ2n) is 9.76. The van der Waals surface area contributed by atoms with Crippen molar-refractivity contribution >= 4 is 50.9 Å². The molecule has 0 radical (unpaired) electrons. The molecule has 3 aromatic rings. The molecule has 0 atom stereocenters. The Balaban J connectivity index is 1.43. The Morgan fingerprint density at radius 2 is 1.92 bits per heavy atom. The lowest BCUT2D eigenvalue weighted by atomic mass is 9.69. The molecule has 1 saturated carbocycles. The van der Waals surface area contributed by atoms with E-state index in [0.29, 0.717) is 24.5 Å². The summed E-state index contributed by atoms with van der Waals surface area (Å²) >= 11 is 3.49. The van der Waals surface area contributed by atoms with Crippen LogP contribution in [-0.4, -0.2) is 40.3 Å². The lowest BCUT2D eigenvalue weighted by Crippen LogP contribution is -2.47. The molecular formula is C27H29BrN6O3. The number of para-hydroxylation sites is 1. The van der Waals surface area contributed by atoms with Gasteiger partial charge in [-0.05, 0) is 70.6 Å². The van der Waals surface area contributed by atoms with Crippen LogP contribution in [0.5, 0.6) is 5.75 Å². The third kappa shape index (κ3) is 4.98. The van der Waals surface area contributed by atoms with Crippen molar-refractivity contribution in [2.45, 2.75) is 39.2 Å². The Morgan fingerprint density at radius 1 is 1.14 bits per heavy atom. The summed E-state index contributed by atoms with van der Waals surface area (Å²) < 4.78 is 6.46. The predicted octanol–water partition coefficient (Wildman–Crippen LogP) is 4.91. The summed E-state index contributed by atoms with van der Waals surface area (Å²) in [6.45, 7) is 3.33. The van der Waals surface area contributed by atoms with E-state index in [0.717, 1.165) is 47.0 Å². The van der Waals surface area contributed by atoms with Crippen LogP contribution < -0.4 is 21.1 Å². The third-order valence-electron chi connectivity index (χ3n) is 7.22. The van der Waals surface area contributed by atoms with Crippen LogP contribution in [-0.2, 0) is 17.8 Å². The third-order valence-corrected chi connectivity index (χ3v) is 7.91. The number of ether oxygens (including phenoxy) is 1. The summed E-state index contributed by atoms with van der Waals surface area (Å²) in [5.74, 6) is 0.788. The highest BCUT2D eigenvalue weighted by Gasteiger charge is 2.42. The van der Waals surface area contributed by atoms with Crippen molar-refractivity contribution in [1.29, 1.82) is 0 Å². The molecular weight excluding hydrogens is 536 g/mol. The van der Waals surface area contributed by atoms with E-state index in [4.69, 9.17) is 10.5 Å². The number of carbonyl (C=O) groups is 2. The number of nitrogens with two attached hydrogens (primary N) is 1. The number of primary amides is 1.